The minimum atomic E-state index is -0.294. The number of nitrogens with one attached hydrogen (secondary N) is 1. The number of hydrazine groups is 1. The fraction of sp³-hybridized carbons (Fsp3) is 0.548. The van der Waals surface area contributed by atoms with Gasteiger partial charge in [-0.25, -0.2) is 4.98 Å². The topological polar surface area (TPSA) is 129 Å². The van der Waals surface area contributed by atoms with Crippen LogP contribution in [0, 0.1) is 17.2 Å². The highest BCUT2D eigenvalue weighted by Gasteiger charge is 2.31. The van der Waals surface area contributed by atoms with Gasteiger partial charge in [0, 0.05) is 70.4 Å². The number of nitriles is 1. The molecular formula is C31H40BrN9O3. The second kappa shape index (κ2) is 14.5. The van der Waals surface area contributed by atoms with Crippen molar-refractivity contribution in [2.45, 2.75) is 45.2 Å². The Balaban J connectivity index is 1.19. The van der Waals surface area contributed by atoms with Gasteiger partial charge < -0.3 is 14.7 Å². The van der Waals surface area contributed by atoms with Crippen LogP contribution in [0.25, 0.3) is 0 Å². The third-order valence-corrected chi connectivity index (χ3v) is 9.48. The molecule has 1 aromatic carbocycles. The van der Waals surface area contributed by atoms with Crippen LogP contribution in [0.15, 0.2) is 34.9 Å². The fourth-order valence-corrected chi connectivity index (χ4v) is 6.54. The molecule has 3 amide bonds. The molecule has 3 aliphatic rings. The lowest BCUT2D eigenvalue weighted by Crippen LogP contribution is -2.54. The third kappa shape index (κ3) is 7.72. The zero-order valence-electron chi connectivity index (χ0n) is 25.4. The summed E-state index contributed by atoms with van der Waals surface area (Å²) < 4.78 is 0.551. The van der Waals surface area contributed by atoms with Crippen LogP contribution in [0.2, 0.25) is 0 Å². The van der Waals surface area contributed by atoms with Crippen LogP contribution in [0.4, 0.5) is 5.82 Å². The Morgan fingerprint density at radius 1 is 0.977 bits per heavy atom. The van der Waals surface area contributed by atoms with Gasteiger partial charge in [-0.15, -0.1) is 0 Å². The fourth-order valence-electron chi connectivity index (χ4n) is 6.15. The molecule has 1 aromatic heterocycles. The molecule has 3 fully saturated rings. The van der Waals surface area contributed by atoms with E-state index in [0.717, 1.165) is 64.2 Å². The summed E-state index contributed by atoms with van der Waals surface area (Å²) in [6, 6.07) is 9.42. The standard InChI is InChI=1S/C31H40BrN9O3/c1-22(42)39-13-9-26(10-14-39)41(29-27(32)20-34-28(19-33)35-29)36-30(43)24-5-3-23(4-6-24)21-38-11-7-25(8-12-38)31(44)40-17-15-37(2)16-18-40/h3-6,20,25-26H,7-18,21H2,1-2H3,(H,36,43). The van der Waals surface area contributed by atoms with Gasteiger partial charge in [-0.05, 0) is 79.4 Å². The number of likely N-dealkylation sites (tertiary alicyclic amines) is 2. The minimum absolute atomic E-state index is 0.000650. The predicted octanol–water partition coefficient (Wildman–Crippen LogP) is 2.26. The van der Waals surface area contributed by atoms with Crippen molar-refractivity contribution in [2.24, 2.45) is 5.92 Å². The Kier molecular flexibility index (Phi) is 10.5. The van der Waals surface area contributed by atoms with Crippen molar-refractivity contribution in [2.75, 3.05) is 64.4 Å². The van der Waals surface area contributed by atoms with Crippen LogP contribution in [-0.2, 0) is 16.1 Å². The molecule has 44 heavy (non-hydrogen) atoms. The molecule has 0 saturated carbocycles. The van der Waals surface area contributed by atoms with E-state index in [1.54, 1.807) is 16.8 Å². The Labute approximate surface area is 267 Å². The largest absolute Gasteiger partial charge is 0.343 e. The number of likely N-dealkylation sites (N-methyl/N-ethyl adjacent to an activating group) is 1. The van der Waals surface area contributed by atoms with Gasteiger partial charge >= 0.3 is 0 Å². The SMILES string of the molecule is CC(=O)N1CCC(N(NC(=O)c2ccc(CN3CCC(C(=O)N4CCN(C)CC4)CC3)cc2)c2nc(C#N)ncc2Br)CC1. The van der Waals surface area contributed by atoms with Crippen LogP contribution in [0.3, 0.4) is 0 Å². The average Bonchev–Trinajstić information content (AvgIpc) is 3.05. The van der Waals surface area contributed by atoms with Crippen molar-refractivity contribution >= 4 is 39.5 Å². The van der Waals surface area contributed by atoms with E-state index in [1.807, 2.05) is 35.2 Å². The van der Waals surface area contributed by atoms with E-state index < -0.39 is 0 Å². The zero-order chi connectivity index (χ0) is 31.2. The molecule has 0 spiro atoms. The van der Waals surface area contributed by atoms with Gasteiger partial charge in [-0.2, -0.15) is 10.2 Å². The summed E-state index contributed by atoms with van der Waals surface area (Å²) in [7, 11) is 2.10. The number of piperazine rings is 1. The Morgan fingerprint density at radius 2 is 1.64 bits per heavy atom. The van der Waals surface area contributed by atoms with E-state index in [-0.39, 0.29) is 29.6 Å². The van der Waals surface area contributed by atoms with Crippen LogP contribution in [-0.4, -0.2) is 113 Å². The zero-order valence-corrected chi connectivity index (χ0v) is 27.0. The summed E-state index contributed by atoms with van der Waals surface area (Å²) in [5.74, 6) is 0.551. The van der Waals surface area contributed by atoms with Crippen LogP contribution < -0.4 is 10.4 Å². The quantitative estimate of drug-likeness (QED) is 0.443. The molecule has 0 bridgehead atoms. The number of nitrogens with zero attached hydrogens (tertiary/aromatic N) is 8. The van der Waals surface area contributed by atoms with Gasteiger partial charge in [0.1, 0.15) is 6.07 Å². The molecule has 0 radical (unpaired) electrons. The first-order chi connectivity index (χ1) is 21.2. The number of hydrogen-bond acceptors (Lipinski definition) is 9. The molecule has 12 nitrogen and oxygen atoms in total. The number of hydrogen-bond donors (Lipinski definition) is 1. The number of carbonyl (C=O) groups excluding carboxylic acids is 3. The second-order valence-corrected chi connectivity index (χ2v) is 12.8. The van der Waals surface area contributed by atoms with Crippen molar-refractivity contribution in [1.82, 2.24) is 35.0 Å². The van der Waals surface area contributed by atoms with Crippen LogP contribution in [0.5, 0.6) is 0 Å². The first-order valence-corrected chi connectivity index (χ1v) is 16.1. The molecule has 0 atom stereocenters. The summed E-state index contributed by atoms with van der Waals surface area (Å²) in [4.78, 5) is 55.2. The lowest BCUT2D eigenvalue weighted by Gasteiger charge is -2.39. The number of anilines is 1. The first-order valence-electron chi connectivity index (χ1n) is 15.3. The normalized spacial score (nSPS) is 19.0. The van der Waals surface area contributed by atoms with Crippen molar-refractivity contribution in [1.29, 1.82) is 5.26 Å². The molecule has 4 heterocycles. The average molecular weight is 667 g/mol. The van der Waals surface area contributed by atoms with Crippen molar-refractivity contribution in [3.8, 4) is 6.07 Å². The summed E-state index contributed by atoms with van der Waals surface area (Å²) >= 11 is 3.48. The highest BCUT2D eigenvalue weighted by atomic mass is 79.9. The van der Waals surface area contributed by atoms with Gasteiger partial charge in [0.15, 0.2) is 5.82 Å². The molecule has 1 N–H and O–H groups in total. The van der Waals surface area contributed by atoms with Gasteiger partial charge in [-0.1, -0.05) is 12.1 Å². The van der Waals surface area contributed by atoms with Crippen molar-refractivity contribution < 1.29 is 14.4 Å². The number of aromatic nitrogens is 2. The third-order valence-electron chi connectivity index (χ3n) is 8.92. The Bertz CT molecular complexity index is 1370. The maximum Gasteiger partial charge on any atom is 0.269 e. The first kappa shape index (κ1) is 31.8. The minimum Gasteiger partial charge on any atom is -0.343 e. The van der Waals surface area contributed by atoms with Gasteiger partial charge in [0.2, 0.25) is 17.6 Å². The molecule has 234 valence electrons. The monoisotopic (exact) mass is 665 g/mol. The van der Waals surface area contributed by atoms with Crippen LogP contribution >= 0.6 is 15.9 Å². The lowest BCUT2D eigenvalue weighted by atomic mass is 9.94. The summed E-state index contributed by atoms with van der Waals surface area (Å²) in [6.45, 7) is 8.74. The summed E-state index contributed by atoms with van der Waals surface area (Å²) in [5, 5.41) is 11.1. The number of amides is 3. The lowest BCUT2D eigenvalue weighted by molar-refractivity contribution is -0.138. The molecule has 3 aliphatic heterocycles. The van der Waals surface area contributed by atoms with E-state index in [4.69, 9.17) is 0 Å². The maximum atomic E-state index is 13.5. The van der Waals surface area contributed by atoms with Crippen molar-refractivity contribution in [3.63, 3.8) is 0 Å². The Morgan fingerprint density at radius 3 is 2.25 bits per heavy atom. The van der Waals surface area contributed by atoms with E-state index in [1.165, 1.54) is 6.20 Å². The van der Waals surface area contributed by atoms with E-state index in [2.05, 4.69) is 48.2 Å². The molecular weight excluding hydrogens is 626 g/mol. The number of carbonyl (C=O) groups is 3. The van der Waals surface area contributed by atoms with E-state index in [0.29, 0.717) is 47.7 Å². The Hall–Kier alpha value is -3.60. The predicted molar refractivity (Wildman–Crippen MR) is 168 cm³/mol. The molecule has 3 saturated heterocycles. The summed E-state index contributed by atoms with van der Waals surface area (Å²) in [6.07, 6.45) is 4.52. The molecule has 13 heteroatoms. The van der Waals surface area contributed by atoms with Gasteiger partial charge in [0.25, 0.3) is 5.91 Å². The number of rotatable bonds is 7. The number of piperidine rings is 2. The highest BCUT2D eigenvalue weighted by Crippen LogP contribution is 2.28. The van der Waals surface area contributed by atoms with Crippen molar-refractivity contribution in [3.05, 3.63) is 51.9 Å². The van der Waals surface area contributed by atoms with E-state index >= 15 is 0 Å². The maximum absolute atomic E-state index is 13.5. The molecule has 0 unspecified atom stereocenters. The summed E-state index contributed by atoms with van der Waals surface area (Å²) in [5.41, 5.74) is 4.62. The number of halogens is 1. The molecule has 0 aliphatic carbocycles. The van der Waals surface area contributed by atoms with Gasteiger partial charge in [-0.3, -0.25) is 29.7 Å². The molecule has 5 rings (SSSR count). The second-order valence-electron chi connectivity index (χ2n) is 11.9. The van der Waals surface area contributed by atoms with E-state index in [9.17, 15) is 19.6 Å². The van der Waals surface area contributed by atoms with Gasteiger partial charge in [0.05, 0.1) is 10.5 Å². The van der Waals surface area contributed by atoms with Crippen LogP contribution in [0.1, 0.15) is 54.4 Å². The molecule has 2 aromatic rings. The number of benzene rings is 1. The smallest absolute Gasteiger partial charge is 0.269 e. The highest BCUT2D eigenvalue weighted by molar-refractivity contribution is 9.10.